The Morgan fingerprint density at radius 3 is 1.65 bits per heavy atom. The summed E-state index contributed by atoms with van der Waals surface area (Å²) in [5.41, 5.74) is 5.40. The van der Waals surface area contributed by atoms with Gasteiger partial charge in [-0.3, -0.25) is 4.79 Å². The largest absolute Gasteiger partial charge is 0.569 e. The molecule has 20 heavy (non-hydrogen) atoms. The van der Waals surface area contributed by atoms with Gasteiger partial charge in [0.15, 0.2) is 5.91 Å². The van der Waals surface area contributed by atoms with E-state index in [1.165, 1.54) is 0 Å². The first kappa shape index (κ1) is 17.1. The van der Waals surface area contributed by atoms with Crippen molar-refractivity contribution in [1.29, 1.82) is 0 Å². The summed E-state index contributed by atoms with van der Waals surface area (Å²) in [5.74, 6) is 1.04. The minimum absolute atomic E-state index is 0.118. The Morgan fingerprint density at radius 1 is 0.950 bits per heavy atom. The fourth-order valence-electron chi connectivity index (χ4n) is 2.67. The molecule has 0 unspecified atom stereocenters. The quantitative estimate of drug-likeness (QED) is 0.504. The van der Waals surface area contributed by atoms with Gasteiger partial charge >= 0.3 is 8.05 Å². The minimum atomic E-state index is -0.393. The van der Waals surface area contributed by atoms with Crippen LogP contribution < -0.4 is 31.3 Å². The summed E-state index contributed by atoms with van der Waals surface area (Å²) >= 11 is 0. The molecule has 94 valence electrons. The van der Waals surface area contributed by atoms with Crippen LogP contribution in [0.25, 0.3) is 0 Å². The third kappa shape index (κ3) is 2.89. The van der Waals surface area contributed by atoms with E-state index in [4.69, 9.17) is 4.65 Å². The van der Waals surface area contributed by atoms with Gasteiger partial charge in [-0.2, -0.15) is 0 Å². The van der Waals surface area contributed by atoms with Crippen LogP contribution in [0, 0.1) is 0 Å². The molecule has 0 fully saturated rings. The molecule has 0 atom stereocenters. The maximum Gasteiger partial charge on any atom is 0.322 e. The number of carbonyl (C=O) groups is 1. The topological polar surface area (TPSA) is 29.5 Å². The van der Waals surface area contributed by atoms with Crippen LogP contribution >= 0.6 is 0 Å². The lowest BCUT2D eigenvalue weighted by atomic mass is 9.42. The molecule has 0 saturated heterocycles. The molecule has 1 rings (SSSR count). The van der Waals surface area contributed by atoms with Crippen molar-refractivity contribution in [3.05, 3.63) is 0 Å². The Balaban J connectivity index is 3.51. The predicted octanol–water partition coefficient (Wildman–Crippen LogP) is -10.5. The van der Waals surface area contributed by atoms with Gasteiger partial charge in [-0.15, -0.1) is 0 Å². The van der Waals surface area contributed by atoms with E-state index in [0.29, 0.717) is 0 Å². The highest BCUT2D eigenvalue weighted by atomic mass is 16.4. The summed E-state index contributed by atoms with van der Waals surface area (Å²) in [5, 5.41) is -0.393. The van der Waals surface area contributed by atoms with Gasteiger partial charge in [-0.05, 0) is 5.11 Å². The Morgan fingerprint density at radius 2 is 1.35 bits per heavy atom. The molecule has 0 aliphatic carbocycles. The number of rotatable bonds is 3. The van der Waals surface area contributed by atoms with Crippen molar-refractivity contribution >= 4 is 104 Å². The van der Waals surface area contributed by atoms with Crippen molar-refractivity contribution in [3.8, 4) is 5.75 Å². The Labute approximate surface area is 130 Å². The van der Waals surface area contributed by atoms with E-state index in [1.54, 1.807) is 12.9 Å². The molecule has 0 spiro atoms. The molecule has 0 N–H and O–H groups in total. The Hall–Kier alpha value is -0.926. The number of nitrogens with zero attached hydrogens (tertiary/aromatic N) is 1. The first-order valence-corrected chi connectivity index (χ1v) is 6.96. The first-order chi connectivity index (χ1) is 9.03. The van der Waals surface area contributed by atoms with Gasteiger partial charge in [0.25, 0.3) is 0 Å². The van der Waals surface area contributed by atoms with Gasteiger partial charge in [-0.25, -0.2) is 0 Å². The second-order valence-corrected chi connectivity index (χ2v) is 6.50. The Bertz CT molecular complexity index is 527. The van der Waals surface area contributed by atoms with E-state index in [1.807, 2.05) is 62.9 Å². The second kappa shape index (κ2) is 5.83. The Kier molecular flexibility index (Phi) is 4.99. The van der Waals surface area contributed by atoms with Crippen molar-refractivity contribution < 1.29 is 9.45 Å². The molecular weight excluding hydrogens is 239 g/mol. The third-order valence-corrected chi connectivity index (χ3v) is 4.00. The van der Waals surface area contributed by atoms with Crippen LogP contribution in [0.1, 0.15) is 0 Å². The summed E-state index contributed by atoms with van der Waals surface area (Å²) in [6.45, 7) is 0. The molecule has 1 aromatic rings. The molecule has 12 heteroatoms. The van der Waals surface area contributed by atoms with Crippen LogP contribution in [0.15, 0.2) is 0 Å². The standard InChI is InChI=1S/C8H18B9NO2/c9-1-3(11)6(20-17)4(12)2(10)5(1)18(16)7(19)8(13,14)15/h9-17H2. The molecule has 0 heterocycles. The van der Waals surface area contributed by atoms with E-state index in [2.05, 4.69) is 0 Å². The average molecular weight is 258 g/mol. The van der Waals surface area contributed by atoms with E-state index in [-0.39, 0.29) is 5.91 Å². The van der Waals surface area contributed by atoms with Gasteiger partial charge in [0, 0.05) is 5.69 Å². The van der Waals surface area contributed by atoms with Crippen LogP contribution in [0.2, 0.25) is 5.11 Å². The summed E-state index contributed by atoms with van der Waals surface area (Å²) in [7, 11) is 17.6. The predicted molar refractivity (Wildman–Crippen MR) is 113 cm³/mol. The van der Waals surface area contributed by atoms with Crippen molar-refractivity contribution in [2.24, 2.45) is 0 Å². The monoisotopic (exact) mass is 259 g/mol. The number of hydrogen-bond acceptors (Lipinski definition) is 2. The lowest BCUT2D eigenvalue weighted by molar-refractivity contribution is -0.116. The minimum Gasteiger partial charge on any atom is -0.569 e. The van der Waals surface area contributed by atoms with Gasteiger partial charge in [0.2, 0.25) is 7.98 Å². The maximum absolute atomic E-state index is 12.5. The maximum atomic E-state index is 12.5. The highest BCUT2D eigenvalue weighted by Gasteiger charge is 2.27. The average Bonchev–Trinajstić information content (AvgIpc) is 2.35. The SMILES string of the molecule is BOc1c(B)c(B)c(N(B)C(=O)C(B)(B)B)c(B)c1B. The van der Waals surface area contributed by atoms with E-state index in [0.717, 1.165) is 33.3 Å². The fourth-order valence-corrected chi connectivity index (χ4v) is 2.67. The molecule has 1 aromatic carbocycles. The van der Waals surface area contributed by atoms with Crippen LogP contribution in [-0.2, 0) is 4.79 Å². The van der Waals surface area contributed by atoms with Crippen LogP contribution in [0.4, 0.5) is 5.69 Å². The van der Waals surface area contributed by atoms with Gasteiger partial charge in [0.1, 0.15) is 54.9 Å². The number of anilines is 1. The molecule has 0 aromatic heterocycles. The summed E-state index contributed by atoms with van der Waals surface area (Å²) in [6.07, 6.45) is 0. The third-order valence-electron chi connectivity index (χ3n) is 4.00. The normalized spacial score (nSPS) is 11.0. The van der Waals surface area contributed by atoms with Crippen molar-refractivity contribution in [2.45, 2.75) is 5.11 Å². The number of amides is 1. The number of hydrogen-bond donors (Lipinski definition) is 0. The highest BCUT2D eigenvalue weighted by molar-refractivity contribution is 6.72. The van der Waals surface area contributed by atoms with Crippen LogP contribution in [0.5, 0.6) is 5.75 Å². The summed E-state index contributed by atoms with van der Waals surface area (Å²) < 4.78 is 5.50. The zero-order valence-electron chi connectivity index (χ0n) is 14.3. The van der Waals surface area contributed by atoms with Crippen LogP contribution in [-0.4, -0.2) is 76.9 Å². The fraction of sp³-hybridized carbons (Fsp3) is 0.125. The molecule has 0 saturated carbocycles. The molecular formula is C8H18B9NO2. The van der Waals surface area contributed by atoms with Crippen molar-refractivity contribution in [2.75, 3.05) is 4.81 Å². The first-order valence-electron chi connectivity index (χ1n) is 6.96. The van der Waals surface area contributed by atoms with E-state index in [9.17, 15) is 4.79 Å². The summed E-state index contributed by atoms with van der Waals surface area (Å²) in [4.78, 5) is 14.3. The van der Waals surface area contributed by atoms with Crippen LogP contribution in [0.3, 0.4) is 0 Å². The molecule has 0 bridgehead atoms. The zero-order valence-corrected chi connectivity index (χ0v) is 14.3. The second-order valence-electron chi connectivity index (χ2n) is 6.50. The smallest absolute Gasteiger partial charge is 0.322 e. The molecule has 0 radical (unpaired) electrons. The molecule has 0 aliphatic heterocycles. The molecule has 1 amide bonds. The van der Waals surface area contributed by atoms with Gasteiger partial charge < -0.3 is 9.47 Å². The van der Waals surface area contributed by atoms with Crippen molar-refractivity contribution in [3.63, 3.8) is 0 Å². The number of benzene rings is 1. The zero-order chi connectivity index (χ0) is 15.8. The lowest BCUT2D eigenvalue weighted by Gasteiger charge is -2.32. The van der Waals surface area contributed by atoms with Crippen molar-refractivity contribution in [1.82, 2.24) is 0 Å². The van der Waals surface area contributed by atoms with Gasteiger partial charge in [-0.1, -0.05) is 21.9 Å². The summed E-state index contributed by atoms with van der Waals surface area (Å²) in [6, 6.07) is 0. The van der Waals surface area contributed by atoms with E-state index >= 15 is 0 Å². The number of carbonyl (C=O) groups excluding carboxylic acids is 1. The molecule has 0 aliphatic rings. The van der Waals surface area contributed by atoms with E-state index < -0.39 is 5.11 Å². The molecule has 3 nitrogen and oxygen atoms in total. The van der Waals surface area contributed by atoms with Gasteiger partial charge in [0.05, 0.1) is 5.75 Å². The lowest BCUT2D eigenvalue weighted by Crippen LogP contribution is -2.50. The highest BCUT2D eigenvalue weighted by Crippen LogP contribution is 2.16.